The Morgan fingerprint density at radius 2 is 2.00 bits per heavy atom. The molecule has 1 unspecified atom stereocenters. The summed E-state index contributed by atoms with van der Waals surface area (Å²) in [5, 5.41) is 9.47. The number of benzene rings is 1. The molecule has 21 heavy (non-hydrogen) atoms. The smallest absolute Gasteiger partial charge is 0.326 e. The fourth-order valence-corrected chi connectivity index (χ4v) is 2.69. The maximum absolute atomic E-state index is 12.8. The number of hydrogen-bond donors (Lipinski definition) is 2. The van der Waals surface area contributed by atoms with E-state index in [9.17, 15) is 14.7 Å². The number of nitrogens with two attached hydrogens (primary N) is 1. The largest absolute Gasteiger partial charge is 0.480 e. The van der Waals surface area contributed by atoms with Crippen molar-refractivity contribution in [1.29, 1.82) is 0 Å². The van der Waals surface area contributed by atoms with E-state index in [1.165, 1.54) is 4.90 Å². The predicted molar refractivity (Wildman–Crippen MR) is 79.6 cm³/mol. The zero-order valence-corrected chi connectivity index (χ0v) is 12.5. The van der Waals surface area contributed by atoms with Crippen molar-refractivity contribution in [3.8, 4) is 0 Å². The summed E-state index contributed by atoms with van der Waals surface area (Å²) in [5.74, 6) is -1.14. The minimum absolute atomic E-state index is 0.172. The summed E-state index contributed by atoms with van der Waals surface area (Å²) < 4.78 is 0. The molecule has 0 aliphatic carbocycles. The van der Waals surface area contributed by atoms with Crippen molar-refractivity contribution in [2.45, 2.75) is 39.3 Å². The normalized spacial score (nSPS) is 20.5. The van der Waals surface area contributed by atoms with Crippen LogP contribution in [0.25, 0.3) is 0 Å². The Labute approximate surface area is 124 Å². The summed E-state index contributed by atoms with van der Waals surface area (Å²) in [5.41, 5.74) is 7.05. The molecule has 1 aromatic rings. The second kappa shape index (κ2) is 5.85. The van der Waals surface area contributed by atoms with Gasteiger partial charge in [0.05, 0.1) is 5.41 Å². The lowest BCUT2D eigenvalue weighted by molar-refractivity contribution is -0.156. The van der Waals surface area contributed by atoms with Gasteiger partial charge >= 0.3 is 5.97 Å². The van der Waals surface area contributed by atoms with Gasteiger partial charge in [0.1, 0.15) is 6.04 Å². The van der Waals surface area contributed by atoms with E-state index >= 15 is 0 Å². The molecule has 5 nitrogen and oxygen atoms in total. The predicted octanol–water partition coefficient (Wildman–Crippen LogP) is 1.40. The number of hydrogen-bond acceptors (Lipinski definition) is 3. The number of carboxylic acids is 1. The molecule has 2 rings (SSSR count). The van der Waals surface area contributed by atoms with Gasteiger partial charge in [0.15, 0.2) is 0 Å². The van der Waals surface area contributed by atoms with Crippen molar-refractivity contribution in [1.82, 2.24) is 4.90 Å². The van der Waals surface area contributed by atoms with E-state index in [-0.39, 0.29) is 12.5 Å². The first kappa shape index (κ1) is 15.5. The van der Waals surface area contributed by atoms with Crippen LogP contribution in [0.2, 0.25) is 0 Å². The van der Waals surface area contributed by atoms with E-state index in [1.807, 2.05) is 31.2 Å². The van der Waals surface area contributed by atoms with Gasteiger partial charge in [0, 0.05) is 19.5 Å². The summed E-state index contributed by atoms with van der Waals surface area (Å²) >= 11 is 0. The summed E-state index contributed by atoms with van der Waals surface area (Å²) in [6.07, 6.45) is 0.939. The van der Waals surface area contributed by atoms with E-state index in [0.29, 0.717) is 19.4 Å². The molecule has 0 fully saturated rings. The molecule has 0 bridgehead atoms. The van der Waals surface area contributed by atoms with Crippen LogP contribution in [0, 0.1) is 5.41 Å². The lowest BCUT2D eigenvalue weighted by Gasteiger charge is -2.39. The standard InChI is InChI=1S/C16H22N2O3/c1-3-16(2,10-17)15(21)18-9-12-7-5-4-6-11(12)8-13(18)14(19)20/h4-7,13H,3,8-10,17H2,1-2H3,(H,19,20)/t13-,16?/m1/s1. The van der Waals surface area contributed by atoms with Crippen LogP contribution in [-0.4, -0.2) is 34.5 Å². The third-order valence-electron chi connectivity index (χ3n) is 4.54. The molecule has 0 aromatic heterocycles. The van der Waals surface area contributed by atoms with E-state index in [4.69, 9.17) is 5.73 Å². The Bertz CT molecular complexity index is 552. The quantitative estimate of drug-likeness (QED) is 0.878. The minimum atomic E-state index is -0.965. The van der Waals surface area contributed by atoms with Crippen LogP contribution >= 0.6 is 0 Å². The Balaban J connectivity index is 2.37. The molecule has 1 aliphatic rings. The first-order valence-corrected chi connectivity index (χ1v) is 7.23. The molecule has 0 saturated carbocycles. The van der Waals surface area contributed by atoms with Gasteiger partial charge < -0.3 is 15.7 Å². The highest BCUT2D eigenvalue weighted by Gasteiger charge is 2.41. The second-order valence-electron chi connectivity index (χ2n) is 5.88. The number of aliphatic carboxylic acids is 1. The van der Waals surface area contributed by atoms with Crippen molar-refractivity contribution in [3.63, 3.8) is 0 Å². The van der Waals surface area contributed by atoms with Crippen LogP contribution < -0.4 is 5.73 Å². The lowest BCUT2D eigenvalue weighted by atomic mass is 9.83. The molecular formula is C16H22N2O3. The monoisotopic (exact) mass is 290 g/mol. The Kier molecular flexibility index (Phi) is 4.32. The Hall–Kier alpha value is -1.88. The number of carboxylic acid groups (broad SMARTS) is 1. The highest BCUT2D eigenvalue weighted by molar-refractivity contribution is 5.88. The van der Waals surface area contributed by atoms with Crippen molar-refractivity contribution < 1.29 is 14.7 Å². The third-order valence-corrected chi connectivity index (χ3v) is 4.54. The van der Waals surface area contributed by atoms with E-state index in [1.54, 1.807) is 6.92 Å². The van der Waals surface area contributed by atoms with Gasteiger partial charge in [0.2, 0.25) is 5.91 Å². The molecule has 0 radical (unpaired) electrons. The number of carbonyl (C=O) groups is 2. The van der Waals surface area contributed by atoms with Gasteiger partial charge in [-0.15, -0.1) is 0 Å². The van der Waals surface area contributed by atoms with Crippen LogP contribution in [0.15, 0.2) is 24.3 Å². The van der Waals surface area contributed by atoms with Crippen LogP contribution in [0.5, 0.6) is 0 Å². The highest BCUT2D eigenvalue weighted by atomic mass is 16.4. The summed E-state index contributed by atoms with van der Waals surface area (Å²) in [4.78, 5) is 25.8. The van der Waals surface area contributed by atoms with Gasteiger partial charge in [-0.1, -0.05) is 31.2 Å². The maximum Gasteiger partial charge on any atom is 0.326 e. The summed E-state index contributed by atoms with van der Waals surface area (Å²) in [6.45, 7) is 4.25. The van der Waals surface area contributed by atoms with Crippen LogP contribution in [0.1, 0.15) is 31.4 Å². The molecule has 1 heterocycles. The molecule has 2 atom stereocenters. The molecule has 3 N–H and O–H groups in total. The van der Waals surface area contributed by atoms with Gasteiger partial charge in [-0.25, -0.2) is 4.79 Å². The van der Waals surface area contributed by atoms with Gasteiger partial charge in [-0.2, -0.15) is 0 Å². The Morgan fingerprint density at radius 1 is 1.38 bits per heavy atom. The number of amides is 1. The summed E-state index contributed by atoms with van der Waals surface area (Å²) in [7, 11) is 0. The lowest BCUT2D eigenvalue weighted by Crippen LogP contribution is -2.54. The van der Waals surface area contributed by atoms with Crippen LogP contribution in [0.3, 0.4) is 0 Å². The number of fused-ring (bicyclic) bond motifs is 1. The average Bonchev–Trinajstić information content (AvgIpc) is 2.52. The third kappa shape index (κ3) is 2.78. The van der Waals surface area contributed by atoms with Crippen LogP contribution in [0.4, 0.5) is 0 Å². The molecule has 1 aromatic carbocycles. The van der Waals surface area contributed by atoms with Crippen molar-refractivity contribution in [2.75, 3.05) is 6.54 Å². The second-order valence-corrected chi connectivity index (χ2v) is 5.88. The number of carbonyl (C=O) groups excluding carboxylic acids is 1. The SMILES string of the molecule is CCC(C)(CN)C(=O)N1Cc2ccccc2C[C@@H]1C(=O)O. The van der Waals surface area contributed by atoms with Crippen LogP contribution in [-0.2, 0) is 22.6 Å². The first-order chi connectivity index (χ1) is 9.92. The fourth-order valence-electron chi connectivity index (χ4n) is 2.69. The molecule has 1 aliphatic heterocycles. The van der Waals surface area contributed by atoms with E-state index < -0.39 is 17.4 Å². The topological polar surface area (TPSA) is 83.6 Å². The van der Waals surface area contributed by atoms with Crippen molar-refractivity contribution >= 4 is 11.9 Å². The zero-order chi connectivity index (χ0) is 15.6. The molecule has 5 heteroatoms. The van der Waals surface area contributed by atoms with E-state index in [2.05, 4.69) is 0 Å². The van der Waals surface area contributed by atoms with Gasteiger partial charge in [-0.3, -0.25) is 4.79 Å². The maximum atomic E-state index is 12.8. The molecule has 114 valence electrons. The fraction of sp³-hybridized carbons (Fsp3) is 0.500. The van der Waals surface area contributed by atoms with Crippen molar-refractivity contribution in [3.05, 3.63) is 35.4 Å². The van der Waals surface area contributed by atoms with Gasteiger partial charge in [-0.05, 0) is 24.5 Å². The van der Waals surface area contributed by atoms with E-state index in [0.717, 1.165) is 11.1 Å². The summed E-state index contributed by atoms with van der Waals surface area (Å²) in [6, 6.07) is 6.86. The number of nitrogens with zero attached hydrogens (tertiary/aromatic N) is 1. The molecule has 0 saturated heterocycles. The first-order valence-electron chi connectivity index (χ1n) is 7.23. The minimum Gasteiger partial charge on any atom is -0.480 e. The molecule has 1 amide bonds. The van der Waals surface area contributed by atoms with Crippen molar-refractivity contribution in [2.24, 2.45) is 11.1 Å². The molecular weight excluding hydrogens is 268 g/mol. The zero-order valence-electron chi connectivity index (χ0n) is 12.5. The highest BCUT2D eigenvalue weighted by Crippen LogP contribution is 2.30. The Morgan fingerprint density at radius 3 is 2.52 bits per heavy atom. The average molecular weight is 290 g/mol. The molecule has 0 spiro atoms. The number of rotatable bonds is 4. The van der Waals surface area contributed by atoms with Gasteiger partial charge in [0.25, 0.3) is 0 Å².